The maximum atomic E-state index is 13.0. The first-order valence-corrected chi connectivity index (χ1v) is 16.9. The first-order valence-electron chi connectivity index (χ1n) is 16.5. The van der Waals surface area contributed by atoms with Crippen molar-refractivity contribution in [3.63, 3.8) is 0 Å². The molecular formula is C34H47ClN8O3. The molecule has 1 N–H and O–H groups in total. The number of ether oxygens (including phenoxy) is 1. The molecule has 3 heterocycles. The summed E-state index contributed by atoms with van der Waals surface area (Å²) in [6.45, 7) is 11.7. The Bertz CT molecular complexity index is 1380. The van der Waals surface area contributed by atoms with Gasteiger partial charge in [-0.2, -0.15) is 5.26 Å². The van der Waals surface area contributed by atoms with E-state index in [9.17, 15) is 9.59 Å². The van der Waals surface area contributed by atoms with Crippen LogP contribution in [0.2, 0.25) is 5.02 Å². The standard InChI is InChI=1S/C34H47ClN8O3/c1-34(2,3)46-33(45)43-19-17-41(18-20-43)23-24-13-15-42(16-14-24)31-12-11-30(38-39-31)32(44)37-26-6-9-27(10-7-26)40(4)28-8-5-25(22-36)29(35)21-28/h5,8,11-12,21,24,26-27H,6-7,9-10,13-20,23H2,1-4H3,(H,37,44). The highest BCUT2D eigenvalue weighted by Gasteiger charge is 2.29. The van der Waals surface area contributed by atoms with Crippen LogP contribution in [0.5, 0.6) is 0 Å². The minimum Gasteiger partial charge on any atom is -0.444 e. The topological polar surface area (TPSA) is 118 Å². The number of amides is 2. The molecule has 2 aromatic rings. The van der Waals surface area contributed by atoms with Crippen molar-refractivity contribution in [2.45, 2.75) is 77.0 Å². The van der Waals surface area contributed by atoms with Gasteiger partial charge in [-0.05, 0) is 95.5 Å². The third-order valence-corrected chi connectivity index (χ3v) is 9.73. The van der Waals surface area contributed by atoms with Crippen molar-refractivity contribution in [2.24, 2.45) is 5.92 Å². The molecule has 248 valence electrons. The lowest BCUT2D eigenvalue weighted by Gasteiger charge is -2.39. The summed E-state index contributed by atoms with van der Waals surface area (Å²) in [5, 5.41) is 21.5. The molecular weight excluding hydrogens is 604 g/mol. The van der Waals surface area contributed by atoms with Gasteiger partial charge in [-0.15, -0.1) is 10.2 Å². The summed E-state index contributed by atoms with van der Waals surface area (Å²) in [5.41, 5.74) is 1.34. The normalized spacial score (nSPS) is 21.4. The summed E-state index contributed by atoms with van der Waals surface area (Å²) in [4.78, 5) is 34.1. The molecule has 3 fully saturated rings. The van der Waals surface area contributed by atoms with E-state index in [1.54, 1.807) is 12.1 Å². The molecule has 2 aliphatic heterocycles. The Balaban J connectivity index is 1.01. The first-order chi connectivity index (χ1) is 22.0. The summed E-state index contributed by atoms with van der Waals surface area (Å²) in [5.74, 6) is 1.24. The second-order valence-electron chi connectivity index (χ2n) is 13.8. The molecule has 46 heavy (non-hydrogen) atoms. The number of halogens is 1. The number of rotatable bonds is 7. The fourth-order valence-corrected chi connectivity index (χ4v) is 6.87. The van der Waals surface area contributed by atoms with Gasteiger partial charge < -0.3 is 24.8 Å². The Morgan fingerprint density at radius 3 is 2.28 bits per heavy atom. The number of nitriles is 1. The van der Waals surface area contributed by atoms with Crippen molar-refractivity contribution in [3.05, 3.63) is 46.6 Å². The van der Waals surface area contributed by atoms with E-state index in [0.717, 1.165) is 82.8 Å². The molecule has 3 aliphatic rings. The quantitative estimate of drug-likeness (QED) is 0.444. The van der Waals surface area contributed by atoms with Crippen molar-refractivity contribution < 1.29 is 14.3 Å². The second-order valence-corrected chi connectivity index (χ2v) is 14.2. The lowest BCUT2D eigenvalue weighted by atomic mass is 9.90. The van der Waals surface area contributed by atoms with Crippen LogP contribution in [0.15, 0.2) is 30.3 Å². The third kappa shape index (κ3) is 8.80. The fourth-order valence-electron chi connectivity index (χ4n) is 6.66. The molecule has 1 aromatic carbocycles. The third-order valence-electron chi connectivity index (χ3n) is 9.42. The van der Waals surface area contributed by atoms with Crippen LogP contribution < -0.4 is 15.1 Å². The number of hydrogen-bond donors (Lipinski definition) is 1. The summed E-state index contributed by atoms with van der Waals surface area (Å²) >= 11 is 6.24. The zero-order chi connectivity index (χ0) is 32.8. The fraction of sp³-hybridized carbons (Fsp3) is 0.618. The van der Waals surface area contributed by atoms with E-state index in [2.05, 4.69) is 43.3 Å². The van der Waals surface area contributed by atoms with E-state index >= 15 is 0 Å². The van der Waals surface area contributed by atoms with E-state index in [0.29, 0.717) is 41.3 Å². The predicted molar refractivity (Wildman–Crippen MR) is 179 cm³/mol. The monoisotopic (exact) mass is 650 g/mol. The van der Waals surface area contributed by atoms with E-state index in [1.807, 2.05) is 43.9 Å². The van der Waals surface area contributed by atoms with E-state index in [-0.39, 0.29) is 18.0 Å². The molecule has 5 rings (SSSR count). The summed E-state index contributed by atoms with van der Waals surface area (Å²) in [7, 11) is 2.05. The Kier molecular flexibility index (Phi) is 10.9. The van der Waals surface area contributed by atoms with Gasteiger partial charge in [0.25, 0.3) is 5.91 Å². The van der Waals surface area contributed by atoms with Crippen molar-refractivity contribution >= 4 is 35.1 Å². The van der Waals surface area contributed by atoms with E-state index < -0.39 is 5.60 Å². The number of hydrogen-bond acceptors (Lipinski definition) is 9. The van der Waals surface area contributed by atoms with Crippen LogP contribution in [0.25, 0.3) is 0 Å². The molecule has 1 saturated carbocycles. The van der Waals surface area contributed by atoms with Crippen molar-refractivity contribution in [1.82, 2.24) is 25.3 Å². The molecule has 12 heteroatoms. The Hall–Kier alpha value is -3.62. The van der Waals surface area contributed by atoms with Gasteiger partial charge in [0.1, 0.15) is 11.7 Å². The maximum absolute atomic E-state index is 13.0. The minimum absolute atomic E-state index is 0.0995. The molecule has 0 atom stereocenters. The molecule has 1 aliphatic carbocycles. The molecule has 1 aromatic heterocycles. The van der Waals surface area contributed by atoms with Gasteiger partial charge in [0.15, 0.2) is 11.5 Å². The van der Waals surface area contributed by atoms with Crippen molar-refractivity contribution in [1.29, 1.82) is 5.26 Å². The summed E-state index contributed by atoms with van der Waals surface area (Å²) in [6, 6.07) is 11.8. The second kappa shape index (κ2) is 14.9. The number of carbonyl (C=O) groups excluding carboxylic acids is 2. The van der Waals surface area contributed by atoms with Gasteiger partial charge in [-0.25, -0.2) is 4.79 Å². The van der Waals surface area contributed by atoms with Crippen LogP contribution in [-0.4, -0.2) is 103 Å². The van der Waals surface area contributed by atoms with Gasteiger partial charge in [-0.3, -0.25) is 9.69 Å². The van der Waals surface area contributed by atoms with Crippen LogP contribution in [0.3, 0.4) is 0 Å². The van der Waals surface area contributed by atoms with Crippen LogP contribution in [-0.2, 0) is 4.74 Å². The lowest BCUT2D eigenvalue weighted by Crippen LogP contribution is -2.51. The van der Waals surface area contributed by atoms with Crippen molar-refractivity contribution in [3.8, 4) is 6.07 Å². The number of benzene rings is 1. The van der Waals surface area contributed by atoms with Crippen LogP contribution in [0.1, 0.15) is 75.3 Å². The van der Waals surface area contributed by atoms with Gasteiger partial charge in [-0.1, -0.05) is 11.6 Å². The average Bonchev–Trinajstić information content (AvgIpc) is 3.05. The van der Waals surface area contributed by atoms with Gasteiger partial charge in [0.05, 0.1) is 10.6 Å². The zero-order valence-corrected chi connectivity index (χ0v) is 28.3. The molecule has 0 unspecified atom stereocenters. The van der Waals surface area contributed by atoms with Crippen LogP contribution in [0, 0.1) is 17.2 Å². The Morgan fingerprint density at radius 2 is 1.70 bits per heavy atom. The predicted octanol–water partition coefficient (Wildman–Crippen LogP) is 4.95. The van der Waals surface area contributed by atoms with Crippen LogP contribution >= 0.6 is 11.6 Å². The van der Waals surface area contributed by atoms with Gasteiger partial charge >= 0.3 is 6.09 Å². The molecule has 0 spiro atoms. The smallest absolute Gasteiger partial charge is 0.410 e. The Morgan fingerprint density at radius 1 is 1.00 bits per heavy atom. The summed E-state index contributed by atoms with van der Waals surface area (Å²) < 4.78 is 5.52. The Labute approximate surface area is 277 Å². The number of nitrogens with zero attached hydrogens (tertiary/aromatic N) is 7. The number of anilines is 2. The van der Waals surface area contributed by atoms with E-state index in [1.165, 1.54) is 0 Å². The van der Waals surface area contributed by atoms with Crippen LogP contribution in [0.4, 0.5) is 16.3 Å². The number of piperidine rings is 1. The summed E-state index contributed by atoms with van der Waals surface area (Å²) in [6.07, 6.45) is 5.58. The first kappa shape index (κ1) is 33.7. The highest BCUT2D eigenvalue weighted by molar-refractivity contribution is 6.32. The molecule has 0 radical (unpaired) electrons. The average molecular weight is 651 g/mol. The number of aromatic nitrogens is 2. The number of nitrogens with one attached hydrogen (secondary N) is 1. The van der Waals surface area contributed by atoms with E-state index in [4.69, 9.17) is 21.6 Å². The highest BCUT2D eigenvalue weighted by atomic mass is 35.5. The van der Waals surface area contributed by atoms with Gasteiger partial charge in [0.2, 0.25) is 0 Å². The molecule has 11 nitrogen and oxygen atoms in total. The SMILES string of the molecule is CN(c1ccc(C#N)c(Cl)c1)C1CCC(NC(=O)c2ccc(N3CCC(CN4CCN(C(=O)OC(C)(C)C)CC4)CC3)nn2)CC1. The minimum atomic E-state index is -0.469. The zero-order valence-electron chi connectivity index (χ0n) is 27.5. The maximum Gasteiger partial charge on any atom is 0.410 e. The number of carbonyl (C=O) groups is 2. The van der Waals surface area contributed by atoms with Crippen molar-refractivity contribution in [2.75, 3.05) is 62.7 Å². The molecule has 2 amide bonds. The molecule has 2 saturated heterocycles. The largest absolute Gasteiger partial charge is 0.444 e. The highest BCUT2D eigenvalue weighted by Crippen LogP contribution is 2.30. The molecule has 0 bridgehead atoms. The number of piperazine rings is 1. The van der Waals surface area contributed by atoms with Gasteiger partial charge in [0, 0.05) is 70.6 Å². The lowest BCUT2D eigenvalue weighted by molar-refractivity contribution is 0.0130.